The number of halogens is 2. The molecule has 0 saturated heterocycles. The van der Waals surface area contributed by atoms with Crippen molar-refractivity contribution in [1.29, 1.82) is 10.5 Å². The van der Waals surface area contributed by atoms with E-state index < -0.39 is 0 Å². The monoisotopic (exact) mass is 570 g/mol. The third-order valence-electron chi connectivity index (χ3n) is 6.36. The molecule has 0 aliphatic carbocycles. The first-order chi connectivity index (χ1) is 19.5. The molecule has 0 aliphatic rings. The molecule has 202 valence electrons. The highest BCUT2D eigenvalue weighted by Crippen LogP contribution is 2.43. The molecule has 0 radical (unpaired) electrons. The van der Waals surface area contributed by atoms with Crippen molar-refractivity contribution in [3.8, 4) is 57.0 Å². The fraction of sp³-hybridized carbons (Fsp3) is 0.188. The van der Waals surface area contributed by atoms with E-state index in [4.69, 9.17) is 43.2 Å². The van der Waals surface area contributed by atoms with Crippen LogP contribution in [-0.2, 0) is 13.1 Å². The fourth-order valence-electron chi connectivity index (χ4n) is 4.53. The number of nitrogens with zero attached hydrogens (tertiary/aromatic N) is 2. The van der Waals surface area contributed by atoms with Crippen LogP contribution in [0.2, 0.25) is 10.0 Å². The van der Waals surface area contributed by atoms with Crippen molar-refractivity contribution in [3.63, 3.8) is 0 Å². The number of nitrogens with one attached hydrogen (secondary N) is 2. The summed E-state index contributed by atoms with van der Waals surface area (Å²) < 4.78 is 11.4. The van der Waals surface area contributed by atoms with Gasteiger partial charge in [-0.15, -0.1) is 0 Å². The third kappa shape index (κ3) is 6.39. The second kappa shape index (κ2) is 13.8. The summed E-state index contributed by atoms with van der Waals surface area (Å²) in [7, 11) is 3.72. The van der Waals surface area contributed by atoms with Gasteiger partial charge in [-0.2, -0.15) is 10.5 Å². The highest BCUT2D eigenvalue weighted by Gasteiger charge is 2.17. The summed E-state index contributed by atoms with van der Waals surface area (Å²) in [6.07, 6.45) is 0. The molecule has 4 aromatic carbocycles. The number of nitriles is 2. The lowest BCUT2D eigenvalue weighted by molar-refractivity contribution is 0.363. The Morgan fingerprint density at radius 3 is 1.40 bits per heavy atom. The lowest BCUT2D eigenvalue weighted by Gasteiger charge is -2.16. The summed E-state index contributed by atoms with van der Waals surface area (Å²) in [6, 6.07) is 27.4. The second-order valence-corrected chi connectivity index (χ2v) is 9.69. The lowest BCUT2D eigenvalue weighted by Crippen LogP contribution is -2.08. The Balaban J connectivity index is 1.77. The molecule has 4 aromatic rings. The van der Waals surface area contributed by atoms with Gasteiger partial charge in [-0.05, 0) is 37.4 Å². The average Bonchev–Trinajstić information content (AvgIpc) is 2.97. The van der Waals surface area contributed by atoms with E-state index in [1.165, 1.54) is 0 Å². The minimum Gasteiger partial charge on any atom is -0.478 e. The normalized spacial score (nSPS) is 10.6. The Bertz CT molecular complexity index is 1470. The summed E-state index contributed by atoms with van der Waals surface area (Å²) in [5.74, 6) is 1.26. The van der Waals surface area contributed by atoms with Crippen LogP contribution in [0, 0.1) is 22.7 Å². The van der Waals surface area contributed by atoms with Gasteiger partial charge in [0, 0.05) is 46.5 Å². The highest BCUT2D eigenvalue weighted by molar-refractivity contribution is 6.39. The predicted octanol–water partition coefficient (Wildman–Crippen LogP) is 7.24. The quantitative estimate of drug-likeness (QED) is 0.197. The molecule has 4 rings (SSSR count). The van der Waals surface area contributed by atoms with Crippen molar-refractivity contribution in [2.24, 2.45) is 0 Å². The summed E-state index contributed by atoms with van der Waals surface area (Å²) in [5.41, 5.74) is 6.85. The molecule has 0 aromatic heterocycles. The summed E-state index contributed by atoms with van der Waals surface area (Å²) in [5, 5.41) is 25.4. The van der Waals surface area contributed by atoms with Crippen LogP contribution >= 0.6 is 23.2 Å². The van der Waals surface area contributed by atoms with Gasteiger partial charge in [0.1, 0.15) is 23.6 Å². The Kier molecular flexibility index (Phi) is 10.0. The Labute approximate surface area is 244 Å². The zero-order chi connectivity index (χ0) is 28.5. The lowest BCUT2D eigenvalue weighted by atomic mass is 9.95. The van der Waals surface area contributed by atoms with Crippen molar-refractivity contribution < 1.29 is 9.47 Å². The van der Waals surface area contributed by atoms with E-state index >= 15 is 0 Å². The first-order valence-corrected chi connectivity index (χ1v) is 13.4. The van der Waals surface area contributed by atoms with E-state index in [1.54, 1.807) is 0 Å². The number of rotatable bonds is 11. The molecule has 0 amide bonds. The van der Waals surface area contributed by atoms with Crippen LogP contribution in [-0.4, -0.2) is 27.3 Å². The Morgan fingerprint density at radius 2 is 1.02 bits per heavy atom. The number of hydrogen-bond acceptors (Lipinski definition) is 6. The molecule has 0 saturated carbocycles. The molecule has 0 bridgehead atoms. The summed E-state index contributed by atoms with van der Waals surface area (Å²) in [4.78, 5) is 0. The number of hydrogen-bond donors (Lipinski definition) is 2. The maximum atomic E-state index is 9.02. The largest absolute Gasteiger partial charge is 0.478 e. The molecule has 0 spiro atoms. The second-order valence-electron chi connectivity index (χ2n) is 8.93. The van der Waals surface area contributed by atoms with Crippen LogP contribution in [0.15, 0.2) is 72.8 Å². The van der Waals surface area contributed by atoms with Gasteiger partial charge in [-0.3, -0.25) is 0 Å². The molecule has 8 heteroatoms. The number of benzene rings is 4. The molecular formula is C32H28Cl2N4O2. The third-order valence-corrected chi connectivity index (χ3v) is 7.18. The van der Waals surface area contributed by atoms with Crippen LogP contribution in [0.4, 0.5) is 0 Å². The van der Waals surface area contributed by atoms with Crippen LogP contribution in [0.1, 0.15) is 11.1 Å². The van der Waals surface area contributed by atoms with Gasteiger partial charge in [0.05, 0.1) is 10.0 Å². The highest BCUT2D eigenvalue weighted by atomic mass is 35.5. The van der Waals surface area contributed by atoms with Gasteiger partial charge in [0.2, 0.25) is 0 Å². The van der Waals surface area contributed by atoms with Gasteiger partial charge in [0.15, 0.2) is 13.2 Å². The maximum Gasteiger partial charge on any atom is 0.174 e. The van der Waals surface area contributed by atoms with Crippen LogP contribution in [0.3, 0.4) is 0 Å². The van der Waals surface area contributed by atoms with Crippen LogP contribution < -0.4 is 20.1 Å². The van der Waals surface area contributed by atoms with Gasteiger partial charge < -0.3 is 20.1 Å². The van der Waals surface area contributed by atoms with E-state index in [1.807, 2.05) is 99.0 Å². The van der Waals surface area contributed by atoms with Crippen LogP contribution in [0.5, 0.6) is 11.5 Å². The molecule has 0 atom stereocenters. The van der Waals surface area contributed by atoms with E-state index in [2.05, 4.69) is 10.6 Å². The maximum absolute atomic E-state index is 9.02. The molecule has 0 heterocycles. The van der Waals surface area contributed by atoms with E-state index in [-0.39, 0.29) is 13.2 Å². The zero-order valence-electron chi connectivity index (χ0n) is 22.2. The van der Waals surface area contributed by atoms with Crippen molar-refractivity contribution in [2.75, 3.05) is 27.3 Å². The van der Waals surface area contributed by atoms with E-state index in [0.29, 0.717) is 34.6 Å². The molecule has 0 aliphatic heterocycles. The number of ether oxygens (including phenoxy) is 2. The topological polar surface area (TPSA) is 90.1 Å². The minimum atomic E-state index is -0.0461. The first kappa shape index (κ1) is 29.0. The average molecular weight is 572 g/mol. The van der Waals surface area contributed by atoms with Crippen LogP contribution in [0.25, 0.3) is 33.4 Å². The molecule has 0 fully saturated rings. The standard InChI is InChI=1S/C32H28Cl2N4O2/c1-37-19-23-11-9-21(17-29(23)39-15-13-35)25-5-3-7-27(31(25)33)28-8-4-6-26(32(28)34)22-10-12-24(20-38-2)30(18-22)40-16-14-36/h3-12,17-18,37-38H,15-16,19-20H2,1-2H3. The smallest absolute Gasteiger partial charge is 0.174 e. The van der Waals surface area contributed by atoms with Crippen molar-refractivity contribution in [1.82, 2.24) is 10.6 Å². The van der Waals surface area contributed by atoms with Gasteiger partial charge in [0.25, 0.3) is 0 Å². The van der Waals surface area contributed by atoms with Gasteiger partial charge in [-0.1, -0.05) is 83.9 Å². The van der Waals surface area contributed by atoms with Gasteiger partial charge in [-0.25, -0.2) is 0 Å². The zero-order valence-corrected chi connectivity index (χ0v) is 23.7. The van der Waals surface area contributed by atoms with Crippen molar-refractivity contribution >= 4 is 23.2 Å². The first-order valence-electron chi connectivity index (χ1n) is 12.6. The molecule has 6 nitrogen and oxygen atoms in total. The van der Waals surface area contributed by atoms with Gasteiger partial charge >= 0.3 is 0 Å². The van der Waals surface area contributed by atoms with Crippen molar-refractivity contribution in [2.45, 2.75) is 13.1 Å². The molecule has 0 unspecified atom stereocenters. The molecular weight excluding hydrogens is 543 g/mol. The van der Waals surface area contributed by atoms with E-state index in [0.717, 1.165) is 44.5 Å². The Hall–Kier alpha value is -4.04. The summed E-state index contributed by atoms with van der Waals surface area (Å²) >= 11 is 14.0. The predicted molar refractivity (Wildman–Crippen MR) is 161 cm³/mol. The Morgan fingerprint density at radius 1 is 0.625 bits per heavy atom. The minimum absolute atomic E-state index is 0.0461. The molecule has 40 heavy (non-hydrogen) atoms. The fourth-order valence-corrected chi connectivity index (χ4v) is 5.21. The summed E-state index contributed by atoms with van der Waals surface area (Å²) in [6.45, 7) is 1.12. The molecule has 2 N–H and O–H groups in total. The van der Waals surface area contributed by atoms with E-state index in [9.17, 15) is 0 Å². The van der Waals surface area contributed by atoms with Crippen molar-refractivity contribution in [3.05, 3.63) is 94.0 Å². The SMILES string of the molecule is CNCc1ccc(-c2cccc(-c3cccc(-c4ccc(CNC)c(OCC#N)c4)c3Cl)c2Cl)cc1OCC#N.